The standard InChI is InChI=1S/C15H24N2OS/c1-11(2)12-10-13(19)17-14(16-12)15(18-3)8-6-4-5-7-9-15/h10-11H,4-9H2,1-3H3,(H,16,17,19). The molecule has 1 N–H and O–H groups in total. The van der Waals surface area contributed by atoms with E-state index >= 15 is 0 Å². The zero-order chi connectivity index (χ0) is 13.9. The average Bonchev–Trinajstić information content (AvgIpc) is 2.64. The van der Waals surface area contributed by atoms with Gasteiger partial charge in [0, 0.05) is 12.8 Å². The van der Waals surface area contributed by atoms with Gasteiger partial charge in [-0.15, -0.1) is 0 Å². The Morgan fingerprint density at radius 1 is 1.26 bits per heavy atom. The van der Waals surface area contributed by atoms with E-state index in [1.54, 1.807) is 7.11 Å². The summed E-state index contributed by atoms with van der Waals surface area (Å²) in [7, 11) is 1.80. The van der Waals surface area contributed by atoms with Crippen LogP contribution in [0, 0.1) is 4.64 Å². The minimum Gasteiger partial charge on any atom is -0.370 e. The smallest absolute Gasteiger partial charge is 0.140 e. The van der Waals surface area contributed by atoms with Crippen molar-refractivity contribution in [3.8, 4) is 0 Å². The second-order valence-electron chi connectivity index (χ2n) is 5.79. The van der Waals surface area contributed by atoms with Crippen LogP contribution in [-0.2, 0) is 10.3 Å². The van der Waals surface area contributed by atoms with E-state index in [1.165, 1.54) is 25.7 Å². The molecule has 1 fully saturated rings. The van der Waals surface area contributed by atoms with Crippen LogP contribution in [-0.4, -0.2) is 17.1 Å². The van der Waals surface area contributed by atoms with E-state index in [0.29, 0.717) is 10.6 Å². The van der Waals surface area contributed by atoms with E-state index in [9.17, 15) is 0 Å². The third-order valence-electron chi connectivity index (χ3n) is 4.12. The molecule has 0 aromatic carbocycles. The topological polar surface area (TPSA) is 37.9 Å². The Bertz CT molecular complexity index is 473. The van der Waals surface area contributed by atoms with Gasteiger partial charge in [-0.3, -0.25) is 0 Å². The Kier molecular flexibility index (Phi) is 4.74. The summed E-state index contributed by atoms with van der Waals surface area (Å²) in [6.45, 7) is 4.33. The van der Waals surface area contributed by atoms with Gasteiger partial charge >= 0.3 is 0 Å². The molecule has 1 saturated carbocycles. The van der Waals surface area contributed by atoms with Gasteiger partial charge in [0.15, 0.2) is 0 Å². The Morgan fingerprint density at radius 3 is 2.42 bits per heavy atom. The Morgan fingerprint density at radius 2 is 1.89 bits per heavy atom. The largest absolute Gasteiger partial charge is 0.370 e. The normalized spacial score (nSPS) is 19.4. The van der Waals surface area contributed by atoms with E-state index in [2.05, 4.69) is 23.8 Å². The van der Waals surface area contributed by atoms with Crippen LogP contribution >= 0.6 is 12.2 Å². The summed E-state index contributed by atoms with van der Waals surface area (Å²) in [5.41, 5.74) is 0.880. The molecule has 0 unspecified atom stereocenters. The van der Waals surface area contributed by atoms with Crippen LogP contribution in [0.15, 0.2) is 6.07 Å². The predicted octanol–water partition coefficient (Wildman–Crippen LogP) is 4.46. The quantitative estimate of drug-likeness (QED) is 0.656. The molecule has 3 nitrogen and oxygen atoms in total. The van der Waals surface area contributed by atoms with Crippen molar-refractivity contribution < 1.29 is 4.74 Å². The molecule has 1 heterocycles. The predicted molar refractivity (Wildman–Crippen MR) is 79.9 cm³/mol. The molecule has 1 aliphatic rings. The van der Waals surface area contributed by atoms with Gasteiger partial charge in [0.1, 0.15) is 16.1 Å². The number of ether oxygens (including phenoxy) is 1. The van der Waals surface area contributed by atoms with Crippen LogP contribution in [0.2, 0.25) is 0 Å². The molecule has 0 spiro atoms. The van der Waals surface area contributed by atoms with Crippen LogP contribution in [0.1, 0.15) is 69.8 Å². The second-order valence-corrected chi connectivity index (χ2v) is 6.21. The molecule has 0 aliphatic heterocycles. The van der Waals surface area contributed by atoms with Crippen molar-refractivity contribution in [2.75, 3.05) is 7.11 Å². The SMILES string of the molecule is COC1(c2nc(=S)cc(C(C)C)[nH]2)CCCCCC1. The molecule has 0 radical (unpaired) electrons. The van der Waals surface area contributed by atoms with E-state index in [1.807, 2.05) is 6.07 Å². The molecule has 2 rings (SSSR count). The number of aromatic nitrogens is 2. The number of rotatable bonds is 3. The van der Waals surface area contributed by atoms with Gasteiger partial charge < -0.3 is 9.72 Å². The van der Waals surface area contributed by atoms with Crippen LogP contribution in [0.25, 0.3) is 0 Å². The molecule has 1 aromatic heterocycles. The first kappa shape index (κ1) is 14.7. The average molecular weight is 280 g/mol. The summed E-state index contributed by atoms with van der Waals surface area (Å²) in [5, 5.41) is 0. The maximum Gasteiger partial charge on any atom is 0.140 e. The third kappa shape index (κ3) is 3.23. The summed E-state index contributed by atoms with van der Waals surface area (Å²) in [5.74, 6) is 1.34. The molecular formula is C15H24N2OS. The zero-order valence-corrected chi connectivity index (χ0v) is 13.0. The highest BCUT2D eigenvalue weighted by molar-refractivity contribution is 7.71. The number of hydrogen-bond acceptors (Lipinski definition) is 3. The molecule has 106 valence electrons. The van der Waals surface area contributed by atoms with Crippen LogP contribution in [0.3, 0.4) is 0 Å². The lowest BCUT2D eigenvalue weighted by atomic mass is 9.92. The monoisotopic (exact) mass is 280 g/mol. The van der Waals surface area contributed by atoms with Gasteiger partial charge in [0.25, 0.3) is 0 Å². The third-order valence-corrected chi connectivity index (χ3v) is 4.33. The first-order valence-corrected chi connectivity index (χ1v) is 7.65. The lowest BCUT2D eigenvalue weighted by Gasteiger charge is -2.30. The number of nitrogens with one attached hydrogen (secondary N) is 1. The minimum atomic E-state index is -0.269. The molecule has 1 aromatic rings. The fourth-order valence-corrected chi connectivity index (χ4v) is 3.06. The van der Waals surface area contributed by atoms with E-state index in [-0.39, 0.29) is 5.60 Å². The van der Waals surface area contributed by atoms with Crippen molar-refractivity contribution in [3.05, 3.63) is 22.2 Å². The first-order chi connectivity index (χ1) is 9.07. The Balaban J connectivity index is 2.44. The Labute approximate surface area is 120 Å². The van der Waals surface area contributed by atoms with Crippen molar-refractivity contribution in [3.63, 3.8) is 0 Å². The number of H-pyrrole nitrogens is 1. The summed E-state index contributed by atoms with van der Waals surface area (Å²) in [4.78, 5) is 8.03. The maximum atomic E-state index is 5.89. The van der Waals surface area contributed by atoms with Crippen molar-refractivity contribution in [1.29, 1.82) is 0 Å². The summed E-state index contributed by atoms with van der Waals surface area (Å²) >= 11 is 5.32. The zero-order valence-electron chi connectivity index (χ0n) is 12.2. The molecule has 0 bridgehead atoms. The number of hydrogen-bond donors (Lipinski definition) is 1. The molecule has 0 amide bonds. The fourth-order valence-electron chi connectivity index (χ4n) is 2.84. The van der Waals surface area contributed by atoms with Crippen molar-refractivity contribution in [2.24, 2.45) is 0 Å². The number of aromatic amines is 1. The summed E-state index contributed by atoms with van der Waals surface area (Å²) in [6.07, 6.45) is 7.03. The molecule has 1 aliphatic carbocycles. The molecule has 19 heavy (non-hydrogen) atoms. The summed E-state index contributed by atoms with van der Waals surface area (Å²) < 4.78 is 6.56. The van der Waals surface area contributed by atoms with Crippen LogP contribution in [0.4, 0.5) is 0 Å². The second kappa shape index (κ2) is 6.14. The van der Waals surface area contributed by atoms with Gasteiger partial charge in [0.05, 0.1) is 0 Å². The highest BCUT2D eigenvalue weighted by Crippen LogP contribution is 2.37. The van der Waals surface area contributed by atoms with Gasteiger partial charge in [-0.2, -0.15) is 0 Å². The lowest BCUT2D eigenvalue weighted by Crippen LogP contribution is -2.31. The van der Waals surface area contributed by atoms with Crippen molar-refractivity contribution in [1.82, 2.24) is 9.97 Å². The minimum absolute atomic E-state index is 0.269. The highest BCUT2D eigenvalue weighted by atomic mass is 32.1. The molecule has 0 saturated heterocycles. The first-order valence-electron chi connectivity index (χ1n) is 7.24. The van der Waals surface area contributed by atoms with Gasteiger partial charge in [-0.25, -0.2) is 4.98 Å². The van der Waals surface area contributed by atoms with Gasteiger partial charge in [-0.05, 0) is 24.8 Å². The van der Waals surface area contributed by atoms with E-state index < -0.39 is 0 Å². The lowest BCUT2D eigenvalue weighted by molar-refractivity contribution is -0.0354. The van der Waals surface area contributed by atoms with E-state index in [4.69, 9.17) is 17.0 Å². The van der Waals surface area contributed by atoms with Crippen LogP contribution in [0.5, 0.6) is 0 Å². The molecular weight excluding hydrogens is 256 g/mol. The molecule has 4 heteroatoms. The number of methoxy groups -OCH3 is 1. The highest BCUT2D eigenvalue weighted by Gasteiger charge is 2.35. The fraction of sp³-hybridized carbons (Fsp3) is 0.733. The van der Waals surface area contributed by atoms with Gasteiger partial charge in [-0.1, -0.05) is 51.7 Å². The maximum absolute atomic E-state index is 5.89. The number of nitrogens with zero attached hydrogens (tertiary/aromatic N) is 1. The van der Waals surface area contributed by atoms with Crippen molar-refractivity contribution >= 4 is 12.2 Å². The van der Waals surface area contributed by atoms with E-state index in [0.717, 1.165) is 24.4 Å². The molecule has 0 atom stereocenters. The van der Waals surface area contributed by atoms with Crippen LogP contribution < -0.4 is 0 Å². The van der Waals surface area contributed by atoms with Crippen molar-refractivity contribution in [2.45, 2.75) is 63.9 Å². The summed E-state index contributed by atoms with van der Waals surface area (Å²) in [6, 6.07) is 1.96. The Hall–Kier alpha value is -0.740. The van der Waals surface area contributed by atoms with Gasteiger partial charge in [0.2, 0.25) is 0 Å².